The van der Waals surface area contributed by atoms with Gasteiger partial charge >= 0.3 is 0 Å². The maximum atomic E-state index is 10.9. The highest BCUT2D eigenvalue weighted by molar-refractivity contribution is 5.45. The number of aryl methyl sites for hydroxylation is 2. The lowest BCUT2D eigenvalue weighted by molar-refractivity contribution is 0.0978. The Kier molecular flexibility index (Phi) is 7.08. The molecule has 0 bridgehead atoms. The fourth-order valence-electron chi connectivity index (χ4n) is 3.34. The molecule has 0 saturated carbocycles. The summed E-state index contributed by atoms with van der Waals surface area (Å²) in [5.41, 5.74) is 6.16. The van der Waals surface area contributed by atoms with Crippen LogP contribution in [0.15, 0.2) is 6.07 Å². The molecule has 1 rings (SSSR count). The van der Waals surface area contributed by atoms with E-state index in [2.05, 4.69) is 66.4 Å². The van der Waals surface area contributed by atoms with E-state index in [9.17, 15) is 5.11 Å². The Morgan fingerprint density at radius 2 is 1.23 bits per heavy atom. The van der Waals surface area contributed by atoms with Gasteiger partial charge in [-0.25, -0.2) is 0 Å². The summed E-state index contributed by atoms with van der Waals surface area (Å²) in [5.74, 6) is 1.24. The number of rotatable bonds is 7. The molecule has 22 heavy (non-hydrogen) atoms. The van der Waals surface area contributed by atoms with Crippen LogP contribution in [0.4, 0.5) is 0 Å². The van der Waals surface area contributed by atoms with Crippen molar-refractivity contribution in [1.82, 2.24) is 4.90 Å². The molecule has 0 saturated heterocycles. The lowest BCUT2D eigenvalue weighted by atomic mass is 9.90. The maximum absolute atomic E-state index is 10.9. The Labute approximate surface area is 137 Å². The van der Waals surface area contributed by atoms with E-state index in [0.717, 1.165) is 25.2 Å². The van der Waals surface area contributed by atoms with Gasteiger partial charge in [-0.3, -0.25) is 4.90 Å². The fraction of sp³-hybridized carbons (Fsp3) is 0.700. The van der Waals surface area contributed by atoms with E-state index in [1.54, 1.807) is 0 Å². The highest BCUT2D eigenvalue weighted by atomic mass is 16.3. The first-order valence-electron chi connectivity index (χ1n) is 8.61. The first kappa shape index (κ1) is 19.2. The fourth-order valence-corrected chi connectivity index (χ4v) is 3.34. The van der Waals surface area contributed by atoms with Gasteiger partial charge in [0.25, 0.3) is 0 Å². The average Bonchev–Trinajstić information content (AvgIpc) is 2.35. The Morgan fingerprint density at radius 3 is 1.59 bits per heavy atom. The van der Waals surface area contributed by atoms with Gasteiger partial charge in [-0.05, 0) is 67.3 Å². The molecular weight excluding hydrogens is 270 g/mol. The Bertz CT molecular complexity index is 455. The topological polar surface area (TPSA) is 23.5 Å². The zero-order chi connectivity index (χ0) is 17.0. The van der Waals surface area contributed by atoms with Crippen LogP contribution in [0.5, 0.6) is 0 Å². The molecule has 1 unspecified atom stereocenters. The van der Waals surface area contributed by atoms with Crippen LogP contribution in [0.2, 0.25) is 0 Å². The molecule has 0 radical (unpaired) electrons. The van der Waals surface area contributed by atoms with Crippen molar-refractivity contribution < 1.29 is 5.11 Å². The molecule has 2 heteroatoms. The predicted octanol–water partition coefficient (Wildman–Crippen LogP) is 4.57. The molecule has 0 fully saturated rings. The third-order valence-corrected chi connectivity index (χ3v) is 4.44. The molecular formula is C20H35NO. The van der Waals surface area contributed by atoms with Crippen LogP contribution in [0.3, 0.4) is 0 Å². The molecule has 0 aliphatic carbocycles. The normalized spacial score (nSPS) is 13.5. The SMILES string of the molecule is Cc1cc(C)c(C)c(C(O)CN(CC(C)C)CC(C)C)c1C. The molecule has 0 aliphatic rings. The van der Waals surface area contributed by atoms with Crippen LogP contribution in [-0.4, -0.2) is 29.6 Å². The lowest BCUT2D eigenvalue weighted by Gasteiger charge is -2.30. The zero-order valence-electron chi connectivity index (χ0n) is 15.8. The standard InChI is InChI=1S/C20H35NO/c1-13(2)10-21(11-14(3)4)12-19(22)20-17(7)15(5)9-16(6)18(20)8/h9,13-14,19,22H,10-12H2,1-8H3. The number of aliphatic hydroxyl groups excluding tert-OH is 1. The summed E-state index contributed by atoms with van der Waals surface area (Å²) in [7, 11) is 0. The number of nitrogens with zero attached hydrogens (tertiary/aromatic N) is 1. The minimum absolute atomic E-state index is 0.406. The Morgan fingerprint density at radius 1 is 0.818 bits per heavy atom. The summed E-state index contributed by atoms with van der Waals surface area (Å²) < 4.78 is 0. The van der Waals surface area contributed by atoms with Gasteiger partial charge in [0, 0.05) is 19.6 Å². The van der Waals surface area contributed by atoms with E-state index in [4.69, 9.17) is 0 Å². The van der Waals surface area contributed by atoms with Crippen LogP contribution in [0.25, 0.3) is 0 Å². The molecule has 0 heterocycles. The second kappa shape index (κ2) is 8.12. The van der Waals surface area contributed by atoms with Gasteiger partial charge in [0.15, 0.2) is 0 Å². The number of hydrogen-bond donors (Lipinski definition) is 1. The monoisotopic (exact) mass is 305 g/mol. The molecule has 0 aromatic heterocycles. The summed E-state index contributed by atoms with van der Waals surface area (Å²) in [6.45, 7) is 20.3. The van der Waals surface area contributed by atoms with Crippen molar-refractivity contribution in [2.45, 2.75) is 61.5 Å². The Hall–Kier alpha value is -0.860. The summed E-state index contributed by atoms with van der Waals surface area (Å²) in [4.78, 5) is 2.41. The van der Waals surface area contributed by atoms with Crippen molar-refractivity contribution in [2.24, 2.45) is 11.8 Å². The van der Waals surface area contributed by atoms with Gasteiger partial charge < -0.3 is 5.11 Å². The number of hydrogen-bond acceptors (Lipinski definition) is 2. The van der Waals surface area contributed by atoms with Crippen LogP contribution in [0, 0.1) is 39.5 Å². The smallest absolute Gasteiger partial charge is 0.0922 e. The molecule has 1 N–H and O–H groups in total. The third kappa shape index (κ3) is 5.10. The largest absolute Gasteiger partial charge is 0.387 e. The van der Waals surface area contributed by atoms with E-state index in [1.807, 2.05) is 0 Å². The summed E-state index contributed by atoms with van der Waals surface area (Å²) in [5, 5.41) is 10.9. The van der Waals surface area contributed by atoms with Gasteiger partial charge in [-0.1, -0.05) is 33.8 Å². The molecule has 1 atom stereocenters. The van der Waals surface area contributed by atoms with Crippen LogP contribution >= 0.6 is 0 Å². The van der Waals surface area contributed by atoms with E-state index >= 15 is 0 Å². The van der Waals surface area contributed by atoms with Crippen molar-refractivity contribution in [3.8, 4) is 0 Å². The van der Waals surface area contributed by atoms with Crippen molar-refractivity contribution >= 4 is 0 Å². The second-order valence-electron chi connectivity index (χ2n) is 7.70. The number of aliphatic hydroxyl groups is 1. The van der Waals surface area contributed by atoms with E-state index in [0.29, 0.717) is 11.8 Å². The highest BCUT2D eigenvalue weighted by Crippen LogP contribution is 2.28. The van der Waals surface area contributed by atoms with E-state index in [-0.39, 0.29) is 0 Å². The summed E-state index contributed by atoms with van der Waals surface area (Å²) in [6, 6.07) is 2.22. The summed E-state index contributed by atoms with van der Waals surface area (Å²) >= 11 is 0. The molecule has 1 aromatic carbocycles. The third-order valence-electron chi connectivity index (χ3n) is 4.44. The van der Waals surface area contributed by atoms with Crippen molar-refractivity contribution in [2.75, 3.05) is 19.6 Å². The van der Waals surface area contributed by atoms with Gasteiger partial charge in [-0.15, -0.1) is 0 Å². The average molecular weight is 306 g/mol. The zero-order valence-corrected chi connectivity index (χ0v) is 15.8. The van der Waals surface area contributed by atoms with Crippen molar-refractivity contribution in [3.05, 3.63) is 33.9 Å². The maximum Gasteiger partial charge on any atom is 0.0922 e. The van der Waals surface area contributed by atoms with Crippen molar-refractivity contribution in [3.63, 3.8) is 0 Å². The first-order chi connectivity index (χ1) is 10.1. The van der Waals surface area contributed by atoms with E-state index in [1.165, 1.54) is 22.3 Å². The highest BCUT2D eigenvalue weighted by Gasteiger charge is 2.20. The molecule has 0 amide bonds. The second-order valence-corrected chi connectivity index (χ2v) is 7.70. The van der Waals surface area contributed by atoms with Crippen LogP contribution in [-0.2, 0) is 0 Å². The molecule has 1 aromatic rings. The quantitative estimate of drug-likeness (QED) is 0.798. The van der Waals surface area contributed by atoms with Crippen LogP contribution < -0.4 is 0 Å². The minimum Gasteiger partial charge on any atom is -0.387 e. The van der Waals surface area contributed by atoms with Gasteiger partial charge in [0.2, 0.25) is 0 Å². The lowest BCUT2D eigenvalue weighted by Crippen LogP contribution is -2.35. The molecule has 2 nitrogen and oxygen atoms in total. The molecule has 0 aliphatic heterocycles. The minimum atomic E-state index is -0.406. The van der Waals surface area contributed by atoms with Gasteiger partial charge in [0.1, 0.15) is 0 Å². The number of benzene rings is 1. The van der Waals surface area contributed by atoms with Crippen molar-refractivity contribution in [1.29, 1.82) is 0 Å². The van der Waals surface area contributed by atoms with Crippen LogP contribution in [0.1, 0.15) is 61.6 Å². The molecule has 126 valence electrons. The Balaban J connectivity index is 3.01. The summed E-state index contributed by atoms with van der Waals surface area (Å²) in [6.07, 6.45) is -0.406. The van der Waals surface area contributed by atoms with Gasteiger partial charge in [0.05, 0.1) is 6.10 Å². The first-order valence-corrected chi connectivity index (χ1v) is 8.61. The molecule has 0 spiro atoms. The van der Waals surface area contributed by atoms with E-state index < -0.39 is 6.10 Å². The predicted molar refractivity (Wildman–Crippen MR) is 96.5 cm³/mol. The van der Waals surface area contributed by atoms with Gasteiger partial charge in [-0.2, -0.15) is 0 Å².